The maximum absolute atomic E-state index is 11.0. The zero-order chi connectivity index (χ0) is 13.2. The van der Waals surface area contributed by atoms with Crippen molar-refractivity contribution in [3.63, 3.8) is 0 Å². The molecule has 92 valence electrons. The summed E-state index contributed by atoms with van der Waals surface area (Å²) in [5.74, 6) is -0.916. The Morgan fingerprint density at radius 3 is 2.53 bits per heavy atom. The monoisotopic (exact) mass is 237 g/mol. The minimum absolute atomic E-state index is 0.0312. The van der Waals surface area contributed by atoms with E-state index in [0.717, 1.165) is 0 Å². The Bertz CT molecular complexity index is 466. The third-order valence-electron chi connectivity index (χ3n) is 2.70. The standard InChI is InChI=1S/C12H15NO4/c1-8-4-5-9(6-10(8)13(16)17)7-12(2,3)11(14)15/h4-6H,7H2,1-3H3,(H,14,15). The lowest BCUT2D eigenvalue weighted by Crippen LogP contribution is -2.26. The van der Waals surface area contributed by atoms with Crippen molar-refractivity contribution < 1.29 is 14.8 Å². The molecule has 1 aromatic rings. The molecule has 0 bridgehead atoms. The summed E-state index contributed by atoms with van der Waals surface area (Å²) < 4.78 is 0. The second-order valence-electron chi connectivity index (χ2n) is 4.74. The van der Waals surface area contributed by atoms with E-state index < -0.39 is 16.3 Å². The van der Waals surface area contributed by atoms with E-state index in [0.29, 0.717) is 11.1 Å². The summed E-state index contributed by atoms with van der Waals surface area (Å²) in [7, 11) is 0. The predicted molar refractivity (Wildman–Crippen MR) is 63.0 cm³/mol. The topological polar surface area (TPSA) is 80.4 Å². The minimum atomic E-state index is -0.927. The van der Waals surface area contributed by atoms with Gasteiger partial charge in [0.1, 0.15) is 0 Å². The summed E-state index contributed by atoms with van der Waals surface area (Å²) in [5, 5.41) is 19.8. The van der Waals surface area contributed by atoms with Crippen LogP contribution in [0.5, 0.6) is 0 Å². The Labute approximate surface area is 99.2 Å². The summed E-state index contributed by atoms with van der Waals surface area (Å²) in [6.07, 6.45) is 0.267. The van der Waals surface area contributed by atoms with Crippen molar-refractivity contribution >= 4 is 11.7 Å². The highest BCUT2D eigenvalue weighted by molar-refractivity contribution is 5.74. The van der Waals surface area contributed by atoms with Gasteiger partial charge in [-0.05, 0) is 32.8 Å². The maximum atomic E-state index is 11.0. The van der Waals surface area contributed by atoms with Gasteiger partial charge in [0.2, 0.25) is 0 Å². The number of benzene rings is 1. The molecule has 0 saturated carbocycles. The Balaban J connectivity index is 3.05. The summed E-state index contributed by atoms with van der Waals surface area (Å²) >= 11 is 0. The normalized spacial score (nSPS) is 11.2. The lowest BCUT2D eigenvalue weighted by molar-refractivity contribution is -0.385. The van der Waals surface area contributed by atoms with Crippen molar-refractivity contribution in [3.8, 4) is 0 Å². The second kappa shape index (κ2) is 4.53. The fourth-order valence-electron chi connectivity index (χ4n) is 1.55. The van der Waals surface area contributed by atoms with E-state index in [1.165, 1.54) is 6.07 Å². The summed E-state index contributed by atoms with van der Waals surface area (Å²) in [6, 6.07) is 4.82. The first-order valence-corrected chi connectivity index (χ1v) is 5.21. The van der Waals surface area contributed by atoms with Gasteiger partial charge in [0.05, 0.1) is 10.3 Å². The third-order valence-corrected chi connectivity index (χ3v) is 2.70. The van der Waals surface area contributed by atoms with Gasteiger partial charge in [0.15, 0.2) is 0 Å². The molecule has 5 heteroatoms. The van der Waals surface area contributed by atoms with Gasteiger partial charge in [-0.1, -0.05) is 12.1 Å². The SMILES string of the molecule is Cc1ccc(CC(C)(C)C(=O)O)cc1[N+](=O)[O-]. The number of rotatable bonds is 4. The number of aryl methyl sites for hydroxylation is 1. The molecule has 1 rings (SSSR count). The molecule has 17 heavy (non-hydrogen) atoms. The van der Waals surface area contributed by atoms with E-state index in [1.54, 1.807) is 32.9 Å². The highest BCUT2D eigenvalue weighted by Crippen LogP contribution is 2.26. The van der Waals surface area contributed by atoms with E-state index in [4.69, 9.17) is 5.11 Å². The number of hydrogen-bond acceptors (Lipinski definition) is 3. The van der Waals surface area contributed by atoms with Gasteiger partial charge in [0.25, 0.3) is 5.69 Å². The first kappa shape index (κ1) is 13.2. The number of nitrogens with zero attached hydrogens (tertiary/aromatic N) is 1. The van der Waals surface area contributed by atoms with Crippen LogP contribution < -0.4 is 0 Å². The molecule has 0 spiro atoms. The van der Waals surface area contributed by atoms with Crippen LogP contribution in [0.4, 0.5) is 5.69 Å². The van der Waals surface area contributed by atoms with Crippen LogP contribution in [0.25, 0.3) is 0 Å². The highest BCUT2D eigenvalue weighted by atomic mass is 16.6. The van der Waals surface area contributed by atoms with Crippen molar-refractivity contribution in [3.05, 3.63) is 39.4 Å². The van der Waals surface area contributed by atoms with Crippen LogP contribution in [0.3, 0.4) is 0 Å². The Hall–Kier alpha value is -1.91. The number of carbonyl (C=O) groups is 1. The fraction of sp³-hybridized carbons (Fsp3) is 0.417. The largest absolute Gasteiger partial charge is 0.481 e. The average molecular weight is 237 g/mol. The van der Waals surface area contributed by atoms with Crippen LogP contribution in [0.2, 0.25) is 0 Å². The number of hydrogen-bond donors (Lipinski definition) is 1. The highest BCUT2D eigenvalue weighted by Gasteiger charge is 2.28. The summed E-state index contributed by atoms with van der Waals surface area (Å²) in [4.78, 5) is 21.3. The molecule has 0 fully saturated rings. The molecule has 0 aliphatic carbocycles. The molecule has 0 amide bonds. The van der Waals surface area contributed by atoms with Crippen LogP contribution in [-0.2, 0) is 11.2 Å². The Kier molecular flexibility index (Phi) is 3.50. The zero-order valence-electron chi connectivity index (χ0n) is 10.1. The van der Waals surface area contributed by atoms with Crippen LogP contribution in [0, 0.1) is 22.5 Å². The van der Waals surface area contributed by atoms with Crippen LogP contribution >= 0.6 is 0 Å². The Morgan fingerprint density at radius 2 is 2.06 bits per heavy atom. The number of carboxylic acid groups (broad SMARTS) is 1. The third kappa shape index (κ3) is 3.03. The molecule has 0 aromatic heterocycles. The first-order chi connectivity index (χ1) is 7.74. The van der Waals surface area contributed by atoms with Gasteiger partial charge >= 0.3 is 5.97 Å². The number of nitro groups is 1. The minimum Gasteiger partial charge on any atom is -0.481 e. The molecule has 0 aliphatic heterocycles. The molecule has 0 atom stereocenters. The lowest BCUT2D eigenvalue weighted by Gasteiger charge is -2.18. The van der Waals surface area contributed by atoms with Crippen LogP contribution in [0.1, 0.15) is 25.0 Å². The molecule has 0 heterocycles. The molecule has 0 radical (unpaired) electrons. The second-order valence-corrected chi connectivity index (χ2v) is 4.74. The van der Waals surface area contributed by atoms with Crippen molar-refractivity contribution in [2.45, 2.75) is 27.2 Å². The van der Waals surface area contributed by atoms with Crippen molar-refractivity contribution in [1.29, 1.82) is 0 Å². The molecular formula is C12H15NO4. The zero-order valence-corrected chi connectivity index (χ0v) is 10.1. The predicted octanol–water partition coefficient (Wildman–Crippen LogP) is 2.56. The van der Waals surface area contributed by atoms with Gasteiger partial charge in [0, 0.05) is 11.6 Å². The van der Waals surface area contributed by atoms with Gasteiger partial charge in [-0.2, -0.15) is 0 Å². The number of aliphatic carboxylic acids is 1. The summed E-state index contributed by atoms with van der Waals surface area (Å²) in [6.45, 7) is 4.85. The molecule has 1 aromatic carbocycles. The molecule has 5 nitrogen and oxygen atoms in total. The van der Waals surface area contributed by atoms with Crippen molar-refractivity contribution in [1.82, 2.24) is 0 Å². The molecule has 1 N–H and O–H groups in total. The van der Waals surface area contributed by atoms with E-state index in [9.17, 15) is 14.9 Å². The first-order valence-electron chi connectivity index (χ1n) is 5.21. The molecule has 0 saturated heterocycles. The summed E-state index contributed by atoms with van der Waals surface area (Å²) in [5.41, 5.74) is 0.341. The van der Waals surface area contributed by atoms with E-state index in [2.05, 4.69) is 0 Å². The van der Waals surface area contributed by atoms with Crippen molar-refractivity contribution in [2.75, 3.05) is 0 Å². The van der Waals surface area contributed by atoms with E-state index >= 15 is 0 Å². The van der Waals surface area contributed by atoms with Crippen LogP contribution in [-0.4, -0.2) is 16.0 Å². The van der Waals surface area contributed by atoms with E-state index in [-0.39, 0.29) is 12.1 Å². The van der Waals surface area contributed by atoms with E-state index in [1.807, 2.05) is 0 Å². The van der Waals surface area contributed by atoms with Gasteiger partial charge in [-0.3, -0.25) is 14.9 Å². The quantitative estimate of drug-likeness (QED) is 0.644. The van der Waals surface area contributed by atoms with Gasteiger partial charge in [-0.15, -0.1) is 0 Å². The van der Waals surface area contributed by atoms with Gasteiger partial charge < -0.3 is 5.11 Å². The van der Waals surface area contributed by atoms with Crippen molar-refractivity contribution in [2.24, 2.45) is 5.41 Å². The maximum Gasteiger partial charge on any atom is 0.309 e. The molecule has 0 unspecified atom stereocenters. The lowest BCUT2D eigenvalue weighted by atomic mass is 9.85. The smallest absolute Gasteiger partial charge is 0.309 e. The average Bonchev–Trinajstić information content (AvgIpc) is 2.20. The molecular weight excluding hydrogens is 222 g/mol. The number of carboxylic acids is 1. The number of nitro benzene ring substituents is 1. The Morgan fingerprint density at radius 1 is 1.47 bits per heavy atom. The van der Waals surface area contributed by atoms with Gasteiger partial charge in [-0.25, -0.2) is 0 Å². The molecule has 0 aliphatic rings. The van der Waals surface area contributed by atoms with Crippen LogP contribution in [0.15, 0.2) is 18.2 Å². The fourth-order valence-corrected chi connectivity index (χ4v) is 1.55.